The number of benzene rings is 2. The number of nitrogens with one attached hydrogen (secondary N) is 1. The SMILES string of the molecule is O=C(Nc1cccc(Cn2cccn2)c1)c1ccc(COc2ccccc2Br)o1. The van der Waals surface area contributed by atoms with E-state index in [1.165, 1.54) is 0 Å². The fourth-order valence-corrected chi connectivity index (χ4v) is 3.21. The molecule has 1 amide bonds. The number of rotatable bonds is 7. The third-order valence-corrected chi connectivity index (χ3v) is 4.84. The lowest BCUT2D eigenvalue weighted by Crippen LogP contribution is -2.11. The molecule has 0 fully saturated rings. The van der Waals surface area contributed by atoms with Crippen molar-refractivity contribution in [3.8, 4) is 5.75 Å². The van der Waals surface area contributed by atoms with E-state index in [0.29, 0.717) is 23.7 Å². The van der Waals surface area contributed by atoms with Gasteiger partial charge in [-0.2, -0.15) is 5.10 Å². The highest BCUT2D eigenvalue weighted by Crippen LogP contribution is 2.25. The summed E-state index contributed by atoms with van der Waals surface area (Å²) < 4.78 is 14.0. The van der Waals surface area contributed by atoms with Gasteiger partial charge in [-0.3, -0.25) is 9.48 Å². The van der Waals surface area contributed by atoms with Gasteiger partial charge < -0.3 is 14.5 Å². The van der Waals surface area contributed by atoms with E-state index in [0.717, 1.165) is 10.0 Å². The van der Waals surface area contributed by atoms with Gasteiger partial charge in [0.05, 0.1) is 11.0 Å². The lowest BCUT2D eigenvalue weighted by Gasteiger charge is -2.07. The Labute approximate surface area is 176 Å². The normalized spacial score (nSPS) is 10.7. The van der Waals surface area contributed by atoms with Gasteiger partial charge in [-0.05, 0) is 64.0 Å². The fraction of sp³-hybridized carbons (Fsp3) is 0.0909. The molecule has 0 saturated heterocycles. The molecule has 0 atom stereocenters. The monoisotopic (exact) mass is 451 g/mol. The highest BCUT2D eigenvalue weighted by Gasteiger charge is 2.12. The van der Waals surface area contributed by atoms with E-state index in [2.05, 4.69) is 26.3 Å². The van der Waals surface area contributed by atoms with Crippen LogP contribution in [0.3, 0.4) is 0 Å². The minimum absolute atomic E-state index is 0.230. The molecule has 1 N–H and O–H groups in total. The minimum Gasteiger partial charge on any atom is -0.484 e. The lowest BCUT2D eigenvalue weighted by molar-refractivity contribution is 0.0992. The molecule has 6 nitrogen and oxygen atoms in total. The summed E-state index contributed by atoms with van der Waals surface area (Å²) in [7, 11) is 0. The summed E-state index contributed by atoms with van der Waals surface area (Å²) >= 11 is 3.43. The average Bonchev–Trinajstić information content (AvgIpc) is 3.40. The Morgan fingerprint density at radius 2 is 2.00 bits per heavy atom. The summed E-state index contributed by atoms with van der Waals surface area (Å²) in [6.07, 6.45) is 3.63. The first-order valence-corrected chi connectivity index (χ1v) is 9.80. The summed E-state index contributed by atoms with van der Waals surface area (Å²) in [4.78, 5) is 12.5. The maximum atomic E-state index is 12.5. The van der Waals surface area contributed by atoms with Crippen molar-refractivity contribution in [3.05, 3.63) is 101 Å². The van der Waals surface area contributed by atoms with Crippen LogP contribution in [0.25, 0.3) is 0 Å². The highest BCUT2D eigenvalue weighted by molar-refractivity contribution is 9.10. The Morgan fingerprint density at radius 3 is 2.83 bits per heavy atom. The Balaban J connectivity index is 1.37. The molecule has 2 heterocycles. The highest BCUT2D eigenvalue weighted by atomic mass is 79.9. The van der Waals surface area contributed by atoms with Crippen molar-refractivity contribution in [2.75, 3.05) is 5.32 Å². The van der Waals surface area contributed by atoms with Crippen molar-refractivity contribution in [1.82, 2.24) is 9.78 Å². The van der Waals surface area contributed by atoms with E-state index in [4.69, 9.17) is 9.15 Å². The van der Waals surface area contributed by atoms with Crippen molar-refractivity contribution < 1.29 is 13.9 Å². The zero-order valence-electron chi connectivity index (χ0n) is 15.4. The van der Waals surface area contributed by atoms with Crippen molar-refractivity contribution in [2.24, 2.45) is 0 Å². The Kier molecular flexibility index (Phi) is 5.76. The Bertz CT molecular complexity index is 1110. The van der Waals surface area contributed by atoms with Gasteiger partial charge in [0, 0.05) is 18.1 Å². The van der Waals surface area contributed by atoms with Gasteiger partial charge in [0.2, 0.25) is 0 Å². The standard InChI is InChI=1S/C22H18BrN3O3/c23-19-7-1-2-8-20(19)28-15-18-9-10-21(29-18)22(27)25-17-6-3-5-16(13-17)14-26-12-4-11-24-26/h1-13H,14-15H2,(H,25,27). The van der Waals surface area contributed by atoms with Gasteiger partial charge in [0.25, 0.3) is 5.91 Å². The molecular formula is C22H18BrN3O3. The number of amides is 1. The molecule has 0 saturated carbocycles. The van der Waals surface area contributed by atoms with Gasteiger partial charge in [-0.1, -0.05) is 24.3 Å². The van der Waals surface area contributed by atoms with Crippen molar-refractivity contribution >= 4 is 27.5 Å². The number of para-hydroxylation sites is 1. The third kappa shape index (κ3) is 4.94. The fourth-order valence-electron chi connectivity index (χ4n) is 2.81. The Morgan fingerprint density at radius 1 is 1.10 bits per heavy atom. The molecule has 7 heteroatoms. The van der Waals surface area contributed by atoms with Crippen LogP contribution >= 0.6 is 15.9 Å². The second kappa shape index (κ2) is 8.79. The minimum atomic E-state index is -0.312. The summed E-state index contributed by atoms with van der Waals surface area (Å²) in [5.74, 6) is 1.20. The Hall–Kier alpha value is -3.32. The zero-order valence-corrected chi connectivity index (χ0v) is 17.0. The van der Waals surface area contributed by atoms with Crippen LogP contribution < -0.4 is 10.1 Å². The van der Waals surface area contributed by atoms with Gasteiger partial charge in [-0.15, -0.1) is 0 Å². The number of carbonyl (C=O) groups is 1. The first-order valence-electron chi connectivity index (χ1n) is 9.01. The van der Waals surface area contributed by atoms with E-state index in [-0.39, 0.29) is 18.3 Å². The number of aromatic nitrogens is 2. The lowest BCUT2D eigenvalue weighted by atomic mass is 10.2. The molecule has 0 bridgehead atoms. The number of halogens is 1. The van der Waals surface area contributed by atoms with E-state index in [9.17, 15) is 4.79 Å². The maximum absolute atomic E-state index is 12.5. The number of furan rings is 1. The number of hydrogen-bond donors (Lipinski definition) is 1. The molecule has 0 aliphatic heterocycles. The van der Waals surface area contributed by atoms with Gasteiger partial charge in [0.1, 0.15) is 18.1 Å². The smallest absolute Gasteiger partial charge is 0.291 e. The van der Waals surface area contributed by atoms with Gasteiger partial charge >= 0.3 is 0 Å². The number of carbonyl (C=O) groups excluding carboxylic acids is 1. The molecule has 0 unspecified atom stereocenters. The van der Waals surface area contributed by atoms with E-state index in [1.54, 1.807) is 18.3 Å². The predicted molar refractivity (Wildman–Crippen MR) is 113 cm³/mol. The van der Waals surface area contributed by atoms with Crippen molar-refractivity contribution in [1.29, 1.82) is 0 Å². The molecule has 2 aromatic heterocycles. The number of nitrogens with zero attached hydrogens (tertiary/aromatic N) is 2. The zero-order chi connectivity index (χ0) is 20.1. The van der Waals surface area contributed by atoms with Crippen LogP contribution in [0, 0.1) is 0 Å². The average molecular weight is 452 g/mol. The molecule has 0 aliphatic carbocycles. The largest absolute Gasteiger partial charge is 0.484 e. The molecule has 0 radical (unpaired) electrons. The van der Waals surface area contributed by atoms with Crippen LogP contribution in [-0.2, 0) is 13.2 Å². The second-order valence-electron chi connectivity index (χ2n) is 6.34. The molecule has 2 aromatic carbocycles. The summed E-state index contributed by atoms with van der Waals surface area (Å²) in [6, 6.07) is 20.5. The summed E-state index contributed by atoms with van der Waals surface area (Å²) in [6.45, 7) is 0.864. The quantitative estimate of drug-likeness (QED) is 0.423. The van der Waals surface area contributed by atoms with Gasteiger partial charge in [-0.25, -0.2) is 0 Å². The van der Waals surface area contributed by atoms with Crippen LogP contribution in [0.15, 0.2) is 88.0 Å². The van der Waals surface area contributed by atoms with Crippen LogP contribution in [0.2, 0.25) is 0 Å². The molecule has 0 spiro atoms. The summed E-state index contributed by atoms with van der Waals surface area (Å²) in [5, 5.41) is 7.06. The van der Waals surface area contributed by atoms with Crippen molar-refractivity contribution in [3.63, 3.8) is 0 Å². The van der Waals surface area contributed by atoms with Gasteiger partial charge in [0.15, 0.2) is 5.76 Å². The molecular weight excluding hydrogens is 434 g/mol. The van der Waals surface area contributed by atoms with Crippen LogP contribution in [0.1, 0.15) is 21.9 Å². The first-order chi connectivity index (χ1) is 14.2. The van der Waals surface area contributed by atoms with Crippen LogP contribution in [-0.4, -0.2) is 15.7 Å². The molecule has 4 rings (SSSR count). The van der Waals surface area contributed by atoms with E-state index < -0.39 is 0 Å². The topological polar surface area (TPSA) is 69.3 Å². The molecule has 4 aromatic rings. The van der Waals surface area contributed by atoms with Crippen molar-refractivity contribution in [2.45, 2.75) is 13.2 Å². The second-order valence-corrected chi connectivity index (χ2v) is 7.20. The van der Waals surface area contributed by atoms with Crippen LogP contribution in [0.4, 0.5) is 5.69 Å². The number of ether oxygens (including phenoxy) is 1. The first kappa shape index (κ1) is 19.0. The molecule has 29 heavy (non-hydrogen) atoms. The summed E-state index contributed by atoms with van der Waals surface area (Å²) in [5.41, 5.74) is 1.73. The number of anilines is 1. The molecule has 146 valence electrons. The predicted octanol–water partition coefficient (Wildman–Crippen LogP) is 5.12. The van der Waals surface area contributed by atoms with E-state index in [1.807, 2.05) is 65.5 Å². The molecule has 0 aliphatic rings. The number of hydrogen-bond acceptors (Lipinski definition) is 4. The third-order valence-electron chi connectivity index (χ3n) is 4.18. The van der Waals surface area contributed by atoms with E-state index >= 15 is 0 Å². The van der Waals surface area contributed by atoms with Crippen LogP contribution in [0.5, 0.6) is 5.75 Å². The maximum Gasteiger partial charge on any atom is 0.291 e.